The molecule has 0 unspecified atom stereocenters. The molecule has 0 fully saturated rings. The number of carbonyl (C=O) groups excluding carboxylic acids is 1. The van der Waals surface area contributed by atoms with Crippen LogP contribution < -0.4 is 5.32 Å². The molecule has 0 aliphatic carbocycles. The SMILES string of the molecule is O=C(c1cccs1)c1cccc2c1CCNC2. The van der Waals surface area contributed by atoms with Crippen LogP contribution in [0.25, 0.3) is 0 Å². The zero-order chi connectivity index (χ0) is 11.7. The van der Waals surface area contributed by atoms with Gasteiger partial charge in [0.2, 0.25) is 5.78 Å². The summed E-state index contributed by atoms with van der Waals surface area (Å²) < 4.78 is 0. The van der Waals surface area contributed by atoms with Crippen molar-refractivity contribution in [3.05, 3.63) is 57.3 Å². The molecule has 3 heteroatoms. The van der Waals surface area contributed by atoms with Gasteiger partial charge < -0.3 is 5.32 Å². The van der Waals surface area contributed by atoms with E-state index < -0.39 is 0 Å². The summed E-state index contributed by atoms with van der Waals surface area (Å²) in [7, 11) is 0. The zero-order valence-corrected chi connectivity index (χ0v) is 10.2. The van der Waals surface area contributed by atoms with E-state index in [-0.39, 0.29) is 5.78 Å². The molecular formula is C14H13NOS. The predicted molar refractivity (Wildman–Crippen MR) is 69.6 cm³/mol. The van der Waals surface area contributed by atoms with E-state index in [0.717, 1.165) is 30.0 Å². The summed E-state index contributed by atoms with van der Waals surface area (Å²) in [6.07, 6.45) is 0.947. The topological polar surface area (TPSA) is 29.1 Å². The molecule has 1 aromatic carbocycles. The Kier molecular flexibility index (Phi) is 2.79. The highest BCUT2D eigenvalue weighted by molar-refractivity contribution is 7.12. The fourth-order valence-corrected chi connectivity index (χ4v) is 2.96. The molecule has 17 heavy (non-hydrogen) atoms. The van der Waals surface area contributed by atoms with Crippen molar-refractivity contribution < 1.29 is 4.79 Å². The van der Waals surface area contributed by atoms with Gasteiger partial charge >= 0.3 is 0 Å². The van der Waals surface area contributed by atoms with Gasteiger partial charge in [-0.25, -0.2) is 0 Å². The maximum Gasteiger partial charge on any atom is 0.203 e. The van der Waals surface area contributed by atoms with Crippen LogP contribution in [0, 0.1) is 0 Å². The van der Waals surface area contributed by atoms with E-state index in [2.05, 4.69) is 11.4 Å². The molecule has 2 aromatic rings. The molecule has 1 aromatic heterocycles. The van der Waals surface area contributed by atoms with Crippen LogP contribution in [0.15, 0.2) is 35.7 Å². The molecule has 1 N–H and O–H groups in total. The van der Waals surface area contributed by atoms with Gasteiger partial charge in [0.05, 0.1) is 4.88 Å². The number of carbonyl (C=O) groups is 1. The maximum atomic E-state index is 12.4. The molecule has 0 bridgehead atoms. The van der Waals surface area contributed by atoms with Crippen LogP contribution in [0.5, 0.6) is 0 Å². The largest absolute Gasteiger partial charge is 0.312 e. The summed E-state index contributed by atoms with van der Waals surface area (Å²) >= 11 is 1.51. The molecule has 1 aliphatic rings. The Morgan fingerprint density at radius 1 is 1.24 bits per heavy atom. The molecule has 0 saturated carbocycles. The van der Waals surface area contributed by atoms with E-state index in [4.69, 9.17) is 0 Å². The lowest BCUT2D eigenvalue weighted by Gasteiger charge is -2.19. The lowest BCUT2D eigenvalue weighted by molar-refractivity contribution is 0.104. The first-order valence-electron chi connectivity index (χ1n) is 5.76. The third-order valence-corrected chi connectivity index (χ3v) is 4.00. The smallest absolute Gasteiger partial charge is 0.203 e. The first-order valence-corrected chi connectivity index (χ1v) is 6.64. The molecule has 2 heterocycles. The highest BCUT2D eigenvalue weighted by atomic mass is 32.1. The Hall–Kier alpha value is -1.45. The van der Waals surface area contributed by atoms with Crippen molar-refractivity contribution in [2.45, 2.75) is 13.0 Å². The lowest BCUT2D eigenvalue weighted by Crippen LogP contribution is -2.25. The molecule has 3 rings (SSSR count). The number of nitrogens with one attached hydrogen (secondary N) is 1. The average Bonchev–Trinajstić information content (AvgIpc) is 2.91. The Morgan fingerprint density at radius 2 is 2.18 bits per heavy atom. The standard InChI is InChI=1S/C14H13NOS/c16-14(13-5-2-8-17-13)12-4-1-3-10-9-15-7-6-11(10)12/h1-5,8,15H,6-7,9H2. The molecule has 2 nitrogen and oxygen atoms in total. The summed E-state index contributed by atoms with van der Waals surface area (Å²) in [5.74, 6) is 0.166. The molecular weight excluding hydrogens is 230 g/mol. The monoisotopic (exact) mass is 243 g/mol. The molecule has 0 amide bonds. The molecule has 86 valence electrons. The minimum Gasteiger partial charge on any atom is -0.312 e. The van der Waals surface area contributed by atoms with Crippen LogP contribution in [0.3, 0.4) is 0 Å². The second-order valence-corrected chi connectivity index (χ2v) is 5.12. The number of benzene rings is 1. The first-order chi connectivity index (χ1) is 8.36. The number of rotatable bonds is 2. The third kappa shape index (κ3) is 1.92. The van der Waals surface area contributed by atoms with Crippen molar-refractivity contribution in [2.24, 2.45) is 0 Å². The van der Waals surface area contributed by atoms with Crippen molar-refractivity contribution in [3.63, 3.8) is 0 Å². The Labute approximate surface area is 104 Å². The molecule has 1 aliphatic heterocycles. The highest BCUT2D eigenvalue weighted by Crippen LogP contribution is 2.23. The average molecular weight is 243 g/mol. The number of thiophene rings is 1. The van der Waals surface area contributed by atoms with E-state index in [1.54, 1.807) is 0 Å². The van der Waals surface area contributed by atoms with Gasteiger partial charge in [-0.2, -0.15) is 0 Å². The van der Waals surface area contributed by atoms with Gasteiger partial charge in [-0.05, 0) is 35.5 Å². The van der Waals surface area contributed by atoms with Crippen LogP contribution >= 0.6 is 11.3 Å². The normalized spacial score (nSPS) is 14.4. The first kappa shape index (κ1) is 10.7. The fraction of sp³-hybridized carbons (Fsp3) is 0.214. The Morgan fingerprint density at radius 3 is 3.00 bits per heavy atom. The fourth-order valence-electron chi connectivity index (χ4n) is 2.29. The molecule has 0 saturated heterocycles. The summed E-state index contributed by atoms with van der Waals surface area (Å²) in [5, 5.41) is 5.28. The predicted octanol–water partition coefficient (Wildman–Crippen LogP) is 2.62. The summed E-state index contributed by atoms with van der Waals surface area (Å²) in [4.78, 5) is 13.2. The summed E-state index contributed by atoms with van der Waals surface area (Å²) in [5.41, 5.74) is 3.37. The third-order valence-electron chi connectivity index (χ3n) is 3.13. The Balaban J connectivity index is 2.06. The molecule has 0 spiro atoms. The lowest BCUT2D eigenvalue weighted by atomic mass is 9.93. The van der Waals surface area contributed by atoms with Crippen LogP contribution in [0.2, 0.25) is 0 Å². The van der Waals surface area contributed by atoms with E-state index in [1.165, 1.54) is 22.5 Å². The Bertz CT molecular complexity index is 545. The summed E-state index contributed by atoms with van der Waals surface area (Å²) in [6, 6.07) is 9.86. The van der Waals surface area contributed by atoms with E-state index in [9.17, 15) is 4.79 Å². The van der Waals surface area contributed by atoms with Crippen molar-refractivity contribution in [1.82, 2.24) is 5.32 Å². The summed E-state index contributed by atoms with van der Waals surface area (Å²) in [6.45, 7) is 1.84. The maximum absolute atomic E-state index is 12.4. The van der Waals surface area contributed by atoms with E-state index >= 15 is 0 Å². The van der Waals surface area contributed by atoms with Crippen molar-refractivity contribution in [3.8, 4) is 0 Å². The second kappa shape index (κ2) is 4.43. The number of ketones is 1. The minimum absolute atomic E-state index is 0.166. The number of fused-ring (bicyclic) bond motifs is 1. The van der Waals surface area contributed by atoms with E-state index in [0.29, 0.717) is 0 Å². The van der Waals surface area contributed by atoms with Crippen LogP contribution in [-0.2, 0) is 13.0 Å². The quantitative estimate of drug-likeness (QED) is 0.822. The minimum atomic E-state index is 0.166. The van der Waals surface area contributed by atoms with Crippen molar-refractivity contribution in [1.29, 1.82) is 0 Å². The van der Waals surface area contributed by atoms with Gasteiger partial charge in [-0.3, -0.25) is 4.79 Å². The van der Waals surface area contributed by atoms with Crippen LogP contribution in [-0.4, -0.2) is 12.3 Å². The van der Waals surface area contributed by atoms with Crippen molar-refractivity contribution >= 4 is 17.1 Å². The van der Waals surface area contributed by atoms with Crippen molar-refractivity contribution in [2.75, 3.05) is 6.54 Å². The number of hydrogen-bond donors (Lipinski definition) is 1. The van der Waals surface area contributed by atoms with Crippen LogP contribution in [0.1, 0.15) is 26.4 Å². The van der Waals surface area contributed by atoms with Gasteiger partial charge in [-0.15, -0.1) is 11.3 Å². The van der Waals surface area contributed by atoms with E-state index in [1.807, 2.05) is 29.6 Å². The van der Waals surface area contributed by atoms with Crippen LogP contribution in [0.4, 0.5) is 0 Å². The van der Waals surface area contributed by atoms with Gasteiger partial charge in [0.1, 0.15) is 0 Å². The number of hydrogen-bond acceptors (Lipinski definition) is 3. The van der Waals surface area contributed by atoms with Gasteiger partial charge in [0, 0.05) is 12.1 Å². The van der Waals surface area contributed by atoms with Gasteiger partial charge in [-0.1, -0.05) is 24.3 Å². The molecule has 0 atom stereocenters. The van der Waals surface area contributed by atoms with Gasteiger partial charge in [0.15, 0.2) is 0 Å². The molecule has 0 radical (unpaired) electrons. The van der Waals surface area contributed by atoms with Gasteiger partial charge in [0.25, 0.3) is 0 Å². The zero-order valence-electron chi connectivity index (χ0n) is 9.40. The highest BCUT2D eigenvalue weighted by Gasteiger charge is 2.18. The second-order valence-electron chi connectivity index (χ2n) is 4.18.